The van der Waals surface area contributed by atoms with E-state index in [9.17, 15) is 9.18 Å². The molecule has 0 heterocycles. The third-order valence-corrected chi connectivity index (χ3v) is 3.87. The van der Waals surface area contributed by atoms with Gasteiger partial charge in [0, 0.05) is 0 Å². The van der Waals surface area contributed by atoms with Crippen molar-refractivity contribution in [3.8, 4) is 5.75 Å². The summed E-state index contributed by atoms with van der Waals surface area (Å²) >= 11 is 5.85. The summed E-state index contributed by atoms with van der Waals surface area (Å²) in [6.45, 7) is 7.11. The van der Waals surface area contributed by atoms with Crippen molar-refractivity contribution in [2.24, 2.45) is 0 Å². The van der Waals surface area contributed by atoms with Gasteiger partial charge in [-0.15, -0.1) is 0 Å². The van der Waals surface area contributed by atoms with Gasteiger partial charge < -0.3 is 10.1 Å². The van der Waals surface area contributed by atoms with Crippen LogP contribution in [0.4, 0.5) is 4.39 Å². The Morgan fingerprint density at radius 3 is 2.42 bits per heavy atom. The molecule has 0 fully saturated rings. The second-order valence-corrected chi connectivity index (χ2v) is 6.91. The van der Waals surface area contributed by atoms with Crippen molar-refractivity contribution in [1.29, 1.82) is 0 Å². The quantitative estimate of drug-likeness (QED) is 0.802. The summed E-state index contributed by atoms with van der Waals surface area (Å²) in [5.41, 5.74) is 1.57. The van der Waals surface area contributed by atoms with Crippen LogP contribution in [0.1, 0.15) is 36.7 Å². The van der Waals surface area contributed by atoms with Crippen LogP contribution in [0.5, 0.6) is 5.75 Å². The number of nitrogens with one attached hydrogen (secondary N) is 1. The van der Waals surface area contributed by atoms with E-state index in [1.807, 2.05) is 24.3 Å². The highest BCUT2D eigenvalue weighted by Crippen LogP contribution is 2.24. The number of carbonyl (C=O) groups is 1. The number of halogens is 2. The molecule has 1 N–H and O–H groups in total. The number of hydrogen-bond acceptors (Lipinski definition) is 2. The molecule has 128 valence electrons. The molecule has 1 amide bonds. The minimum absolute atomic E-state index is 0.0891. The molecule has 2 rings (SSSR count). The van der Waals surface area contributed by atoms with Crippen molar-refractivity contribution in [3.05, 3.63) is 64.4 Å². The second-order valence-electron chi connectivity index (χ2n) is 6.50. The second kappa shape index (κ2) is 7.67. The number of ether oxygens (including phenoxy) is 1. The van der Waals surface area contributed by atoms with Gasteiger partial charge in [0.15, 0.2) is 0 Å². The summed E-state index contributed by atoms with van der Waals surface area (Å²) < 4.78 is 18.6. The first-order valence-electron chi connectivity index (χ1n) is 7.74. The van der Waals surface area contributed by atoms with Crippen molar-refractivity contribution >= 4 is 17.5 Å². The van der Waals surface area contributed by atoms with Gasteiger partial charge in [0.1, 0.15) is 18.2 Å². The van der Waals surface area contributed by atoms with E-state index in [0.29, 0.717) is 13.2 Å². The smallest absolute Gasteiger partial charge is 0.252 e. The van der Waals surface area contributed by atoms with E-state index in [1.54, 1.807) is 0 Å². The van der Waals surface area contributed by atoms with Gasteiger partial charge in [-0.2, -0.15) is 0 Å². The number of amides is 1. The van der Waals surface area contributed by atoms with Crippen molar-refractivity contribution in [2.75, 3.05) is 13.2 Å². The molecule has 5 heteroatoms. The maximum absolute atomic E-state index is 13.0. The summed E-state index contributed by atoms with van der Waals surface area (Å²) in [6.07, 6.45) is 0. The molecule has 0 aliphatic rings. The Morgan fingerprint density at radius 2 is 1.83 bits per heavy atom. The van der Waals surface area contributed by atoms with Crippen LogP contribution in [0.3, 0.4) is 0 Å². The third kappa shape index (κ3) is 4.96. The minimum Gasteiger partial charge on any atom is -0.492 e. The molecule has 0 atom stereocenters. The predicted octanol–water partition coefficient (Wildman–Crippen LogP) is 4.59. The molecular weight excluding hydrogens is 329 g/mol. The molecule has 2 aromatic rings. The molecule has 0 saturated heterocycles. The third-order valence-electron chi connectivity index (χ3n) is 3.55. The van der Waals surface area contributed by atoms with Crippen LogP contribution >= 0.6 is 11.6 Å². The number of rotatable bonds is 5. The fourth-order valence-corrected chi connectivity index (χ4v) is 2.41. The molecule has 2 aromatic carbocycles. The first kappa shape index (κ1) is 18.3. The van der Waals surface area contributed by atoms with Crippen LogP contribution in [0.15, 0.2) is 42.5 Å². The Morgan fingerprint density at radius 1 is 1.17 bits per heavy atom. The summed E-state index contributed by atoms with van der Waals surface area (Å²) in [5, 5.41) is 2.78. The Bertz CT molecular complexity index is 708. The molecule has 0 bridgehead atoms. The molecule has 0 spiro atoms. The van der Waals surface area contributed by atoms with Gasteiger partial charge in [-0.25, -0.2) is 4.39 Å². The van der Waals surface area contributed by atoms with Crippen molar-refractivity contribution < 1.29 is 13.9 Å². The van der Waals surface area contributed by atoms with Crippen molar-refractivity contribution in [3.63, 3.8) is 0 Å². The topological polar surface area (TPSA) is 38.3 Å². The maximum atomic E-state index is 13.0. The average molecular weight is 350 g/mol. The fraction of sp³-hybridized carbons (Fsp3) is 0.316. The summed E-state index contributed by atoms with van der Waals surface area (Å²) in [4.78, 5) is 12.0. The van der Waals surface area contributed by atoms with Gasteiger partial charge in [-0.05, 0) is 41.3 Å². The normalized spacial score (nSPS) is 11.2. The van der Waals surface area contributed by atoms with E-state index >= 15 is 0 Å². The van der Waals surface area contributed by atoms with Crippen LogP contribution < -0.4 is 10.1 Å². The number of hydrogen-bond donors (Lipinski definition) is 1. The van der Waals surface area contributed by atoms with Gasteiger partial charge in [0.2, 0.25) is 0 Å². The van der Waals surface area contributed by atoms with Crippen LogP contribution in [0.2, 0.25) is 5.02 Å². The van der Waals surface area contributed by atoms with E-state index in [1.165, 1.54) is 17.7 Å². The van der Waals surface area contributed by atoms with Crippen LogP contribution in [-0.2, 0) is 5.41 Å². The highest BCUT2D eigenvalue weighted by atomic mass is 35.5. The van der Waals surface area contributed by atoms with Gasteiger partial charge in [-0.1, -0.05) is 44.5 Å². The van der Waals surface area contributed by atoms with Crippen LogP contribution in [0.25, 0.3) is 0 Å². The summed E-state index contributed by atoms with van der Waals surface area (Å²) in [5.74, 6) is -0.0812. The zero-order valence-electron chi connectivity index (χ0n) is 14.0. The first-order chi connectivity index (χ1) is 11.3. The van der Waals surface area contributed by atoms with E-state index in [0.717, 1.165) is 11.8 Å². The maximum Gasteiger partial charge on any atom is 0.252 e. The van der Waals surface area contributed by atoms with E-state index < -0.39 is 5.82 Å². The molecule has 0 saturated carbocycles. The molecule has 3 nitrogen and oxygen atoms in total. The van der Waals surface area contributed by atoms with Crippen molar-refractivity contribution in [2.45, 2.75) is 26.2 Å². The number of carbonyl (C=O) groups excluding carboxylic acids is 1. The summed E-state index contributed by atoms with van der Waals surface area (Å²) in [7, 11) is 0. The van der Waals surface area contributed by atoms with Gasteiger partial charge in [-0.3, -0.25) is 4.79 Å². The van der Waals surface area contributed by atoms with Crippen LogP contribution in [0, 0.1) is 5.82 Å². The lowest BCUT2D eigenvalue weighted by atomic mass is 9.87. The SMILES string of the molecule is CC(C)(C)c1ccc(OCCNC(=O)c2ccc(F)cc2Cl)cc1. The lowest BCUT2D eigenvalue weighted by molar-refractivity contribution is 0.0947. The zero-order valence-corrected chi connectivity index (χ0v) is 14.8. The Kier molecular flexibility index (Phi) is 5.84. The highest BCUT2D eigenvalue weighted by Gasteiger charge is 2.13. The van der Waals surface area contributed by atoms with Crippen LogP contribution in [-0.4, -0.2) is 19.1 Å². The van der Waals surface area contributed by atoms with E-state index in [2.05, 4.69) is 26.1 Å². The van der Waals surface area contributed by atoms with E-state index in [-0.39, 0.29) is 21.9 Å². The lowest BCUT2D eigenvalue weighted by Crippen LogP contribution is -2.28. The average Bonchev–Trinajstić information content (AvgIpc) is 2.51. The van der Waals surface area contributed by atoms with E-state index in [4.69, 9.17) is 16.3 Å². The Labute approximate surface area is 146 Å². The lowest BCUT2D eigenvalue weighted by Gasteiger charge is -2.19. The molecule has 0 aliphatic carbocycles. The monoisotopic (exact) mass is 349 g/mol. The Balaban J connectivity index is 1.81. The highest BCUT2D eigenvalue weighted by molar-refractivity contribution is 6.33. The fourth-order valence-electron chi connectivity index (χ4n) is 2.15. The van der Waals surface area contributed by atoms with Gasteiger partial charge in [0.25, 0.3) is 5.91 Å². The molecule has 0 unspecified atom stereocenters. The van der Waals surface area contributed by atoms with Crippen molar-refractivity contribution in [1.82, 2.24) is 5.32 Å². The minimum atomic E-state index is -0.474. The number of benzene rings is 2. The predicted molar refractivity (Wildman–Crippen MR) is 94.4 cm³/mol. The zero-order chi connectivity index (χ0) is 17.7. The Hall–Kier alpha value is -2.07. The summed E-state index contributed by atoms with van der Waals surface area (Å²) in [6, 6.07) is 11.6. The molecule has 24 heavy (non-hydrogen) atoms. The molecular formula is C19H21ClFNO2. The van der Waals surface area contributed by atoms with Gasteiger partial charge >= 0.3 is 0 Å². The molecule has 0 aromatic heterocycles. The first-order valence-corrected chi connectivity index (χ1v) is 8.12. The largest absolute Gasteiger partial charge is 0.492 e. The molecule has 0 radical (unpaired) electrons. The standard InChI is InChI=1S/C19H21ClFNO2/c1-19(2,3)13-4-7-15(8-5-13)24-11-10-22-18(23)16-9-6-14(21)12-17(16)20/h4-9,12H,10-11H2,1-3H3,(H,22,23). The van der Waals surface area contributed by atoms with Gasteiger partial charge in [0.05, 0.1) is 17.1 Å². The molecule has 0 aliphatic heterocycles.